The summed E-state index contributed by atoms with van der Waals surface area (Å²) in [6.07, 6.45) is 0.280. The van der Waals surface area contributed by atoms with Crippen molar-refractivity contribution >= 4 is 24.2 Å². The highest BCUT2D eigenvalue weighted by atomic mass is 16.6. The minimum absolute atomic E-state index is 0.183. The maximum Gasteiger partial charge on any atom is 0.344 e. The van der Waals surface area contributed by atoms with E-state index in [4.69, 9.17) is 28.4 Å². The number of methoxy groups -OCH3 is 2. The number of aliphatic hydroxyl groups excluding tert-OH is 1. The lowest BCUT2D eigenvalue weighted by atomic mass is 9.95. The Labute approximate surface area is 248 Å². The molecule has 2 atom stereocenters. The molecule has 0 spiro atoms. The van der Waals surface area contributed by atoms with Gasteiger partial charge in [-0.3, -0.25) is 5.43 Å². The third-order valence-electron chi connectivity index (χ3n) is 5.95. The van der Waals surface area contributed by atoms with E-state index in [0.717, 1.165) is 0 Å². The molecule has 0 radical (unpaired) electrons. The zero-order valence-corrected chi connectivity index (χ0v) is 24.6. The lowest BCUT2D eigenvalue weighted by Gasteiger charge is -2.28. The normalized spacial score (nSPS) is 15.2. The molecule has 0 aliphatic carbocycles. The molecule has 232 valence electrons. The second kappa shape index (κ2) is 15.9. The van der Waals surface area contributed by atoms with Crippen LogP contribution in [0.1, 0.15) is 37.9 Å². The summed E-state index contributed by atoms with van der Waals surface area (Å²) < 4.78 is 32.0. The first-order valence-corrected chi connectivity index (χ1v) is 13.4. The van der Waals surface area contributed by atoms with Gasteiger partial charge >= 0.3 is 18.0 Å². The zero-order valence-electron chi connectivity index (χ0n) is 24.6. The Kier molecular flexibility index (Phi) is 12.0. The monoisotopic (exact) mass is 600 g/mol. The Bertz CT molecular complexity index is 1360. The van der Waals surface area contributed by atoms with E-state index in [-0.39, 0.29) is 25.4 Å². The number of hydrogen-bond donors (Lipinski definition) is 4. The average molecular weight is 601 g/mol. The predicted molar refractivity (Wildman–Crippen MR) is 154 cm³/mol. The molecule has 43 heavy (non-hydrogen) atoms. The van der Waals surface area contributed by atoms with Gasteiger partial charge in [0.15, 0.2) is 35.8 Å². The van der Waals surface area contributed by atoms with Crippen LogP contribution in [0.25, 0.3) is 0 Å². The van der Waals surface area contributed by atoms with Crippen molar-refractivity contribution in [3.05, 3.63) is 58.8 Å². The van der Waals surface area contributed by atoms with E-state index in [1.54, 1.807) is 57.2 Å². The van der Waals surface area contributed by atoms with Crippen molar-refractivity contribution in [2.75, 3.05) is 40.6 Å². The van der Waals surface area contributed by atoms with E-state index < -0.39 is 30.2 Å². The van der Waals surface area contributed by atoms with Crippen LogP contribution in [0.3, 0.4) is 0 Å². The van der Waals surface area contributed by atoms with E-state index in [2.05, 4.69) is 21.2 Å². The molecule has 0 fully saturated rings. The van der Waals surface area contributed by atoms with Gasteiger partial charge in [0, 0.05) is 5.70 Å². The Morgan fingerprint density at radius 3 is 2.47 bits per heavy atom. The lowest BCUT2D eigenvalue weighted by Crippen LogP contribution is -2.45. The summed E-state index contributed by atoms with van der Waals surface area (Å²) in [7, 11) is 2.73. The Balaban J connectivity index is 1.63. The van der Waals surface area contributed by atoms with Gasteiger partial charge in [0.2, 0.25) is 0 Å². The van der Waals surface area contributed by atoms with Gasteiger partial charge in [0.1, 0.15) is 6.61 Å². The van der Waals surface area contributed by atoms with Crippen molar-refractivity contribution in [2.24, 2.45) is 5.10 Å². The van der Waals surface area contributed by atoms with E-state index in [1.165, 1.54) is 20.4 Å². The summed E-state index contributed by atoms with van der Waals surface area (Å²) in [6.45, 7) is 5.26. The largest absolute Gasteiger partial charge is 0.493 e. The van der Waals surface area contributed by atoms with E-state index >= 15 is 0 Å². The van der Waals surface area contributed by atoms with Gasteiger partial charge in [-0.15, -0.1) is 0 Å². The molecule has 14 nitrogen and oxygen atoms in total. The fraction of sp³-hybridized carbons (Fsp3) is 0.379. The van der Waals surface area contributed by atoms with Crippen LogP contribution < -0.4 is 35.0 Å². The van der Waals surface area contributed by atoms with Gasteiger partial charge in [0.05, 0.1) is 45.3 Å². The van der Waals surface area contributed by atoms with E-state index in [0.29, 0.717) is 46.4 Å². The summed E-state index contributed by atoms with van der Waals surface area (Å²) in [5.41, 5.74) is 4.41. The van der Waals surface area contributed by atoms with Crippen LogP contribution >= 0.6 is 0 Å². The molecule has 4 N–H and O–H groups in total. The summed E-state index contributed by atoms with van der Waals surface area (Å²) >= 11 is 0. The van der Waals surface area contributed by atoms with Crippen LogP contribution in [0.5, 0.6) is 23.0 Å². The minimum atomic E-state index is -1.18. The van der Waals surface area contributed by atoms with Crippen LogP contribution in [0, 0.1) is 0 Å². The number of hydrogen-bond acceptors (Lipinski definition) is 12. The third kappa shape index (κ3) is 9.00. The number of allylic oxidation sites excluding steroid dienone is 1. The van der Waals surface area contributed by atoms with E-state index in [9.17, 15) is 19.5 Å². The maximum absolute atomic E-state index is 12.4. The van der Waals surface area contributed by atoms with Gasteiger partial charge in [-0.25, -0.2) is 14.4 Å². The van der Waals surface area contributed by atoms with Crippen molar-refractivity contribution in [3.63, 3.8) is 0 Å². The molecule has 1 aliphatic heterocycles. The van der Waals surface area contributed by atoms with Crippen molar-refractivity contribution < 1.29 is 47.9 Å². The molecule has 2 aromatic rings. The first-order valence-electron chi connectivity index (χ1n) is 13.4. The Hall–Kier alpha value is -4.98. The Morgan fingerprint density at radius 2 is 1.77 bits per heavy atom. The van der Waals surface area contributed by atoms with Gasteiger partial charge in [-0.2, -0.15) is 5.10 Å². The Morgan fingerprint density at radius 1 is 1.02 bits per heavy atom. The SMILES string of the molecule is CCOC(=O)COc1ccc(/C=N\N[C@H](O)COc2ccc([C@@H]3NC(=O)NC(C)=C3C(=O)OC)cc2OCC)cc1OC. The zero-order chi connectivity index (χ0) is 31.4. The van der Waals surface area contributed by atoms with Gasteiger partial charge < -0.3 is 44.2 Å². The molecular formula is C29H36N4O10. The number of hydrazone groups is 1. The number of nitrogens with one attached hydrogen (secondary N) is 3. The smallest absolute Gasteiger partial charge is 0.344 e. The molecule has 2 amide bonds. The number of esters is 2. The summed E-state index contributed by atoms with van der Waals surface area (Å²) in [4.78, 5) is 36.1. The molecular weight excluding hydrogens is 564 g/mol. The highest BCUT2D eigenvalue weighted by Gasteiger charge is 2.32. The molecule has 14 heteroatoms. The molecule has 3 rings (SSSR count). The second-order valence-corrected chi connectivity index (χ2v) is 8.92. The standard InChI is InChI=1S/C29H36N4O10/c1-6-40-23-13-19(27-26(28(36)39-5)17(3)31-29(37)32-27)9-11-21(23)42-15-24(34)33-30-14-18-8-10-20(22(12-18)38-4)43-16-25(35)41-7-2/h8-14,24,27,33-34H,6-7,15-16H2,1-5H3,(H2,31,32,37)/b30-14-/t24-,27+/m1/s1. The third-order valence-corrected chi connectivity index (χ3v) is 5.95. The minimum Gasteiger partial charge on any atom is -0.493 e. The van der Waals surface area contributed by atoms with Crippen molar-refractivity contribution in [3.8, 4) is 23.0 Å². The summed E-state index contributed by atoms with van der Waals surface area (Å²) in [5.74, 6) is 0.356. The molecule has 1 aliphatic rings. The molecule has 0 aromatic heterocycles. The topological polar surface area (TPSA) is 175 Å². The molecule has 0 unspecified atom stereocenters. The highest BCUT2D eigenvalue weighted by Crippen LogP contribution is 2.35. The number of carbonyl (C=O) groups is 3. The number of benzene rings is 2. The van der Waals surface area contributed by atoms with Crippen LogP contribution in [0.15, 0.2) is 52.8 Å². The predicted octanol–water partition coefficient (Wildman–Crippen LogP) is 2.16. The van der Waals surface area contributed by atoms with E-state index in [1.807, 2.05) is 0 Å². The molecule has 0 bridgehead atoms. The molecule has 0 saturated carbocycles. The number of amides is 2. The van der Waals surface area contributed by atoms with Crippen LogP contribution in [0.2, 0.25) is 0 Å². The highest BCUT2D eigenvalue weighted by molar-refractivity contribution is 5.95. The van der Waals surface area contributed by atoms with Crippen LogP contribution in [-0.2, 0) is 19.1 Å². The number of rotatable bonds is 15. The number of ether oxygens (including phenoxy) is 6. The lowest BCUT2D eigenvalue weighted by molar-refractivity contribution is -0.145. The molecule has 0 saturated heterocycles. The number of carbonyl (C=O) groups excluding carboxylic acids is 3. The van der Waals surface area contributed by atoms with Crippen molar-refractivity contribution in [1.29, 1.82) is 0 Å². The average Bonchev–Trinajstić information content (AvgIpc) is 2.99. The number of nitrogens with zero attached hydrogens (tertiary/aromatic N) is 1. The number of urea groups is 1. The molecule has 1 heterocycles. The first-order chi connectivity index (χ1) is 20.7. The first kappa shape index (κ1) is 32.5. The van der Waals surface area contributed by atoms with Crippen molar-refractivity contribution in [2.45, 2.75) is 33.0 Å². The quantitative estimate of drug-likeness (QED) is 0.102. The summed E-state index contributed by atoms with van der Waals surface area (Å²) in [5, 5.41) is 19.7. The molecule has 2 aromatic carbocycles. The van der Waals surface area contributed by atoms with Gasteiger partial charge in [-0.1, -0.05) is 6.07 Å². The van der Waals surface area contributed by atoms with Crippen LogP contribution in [-0.4, -0.2) is 76.2 Å². The van der Waals surface area contributed by atoms with Crippen LogP contribution in [0.4, 0.5) is 4.79 Å². The van der Waals surface area contributed by atoms with Gasteiger partial charge in [0.25, 0.3) is 0 Å². The fourth-order valence-electron chi connectivity index (χ4n) is 4.04. The van der Waals surface area contributed by atoms with Gasteiger partial charge in [-0.05, 0) is 62.2 Å². The second-order valence-electron chi connectivity index (χ2n) is 8.92. The number of aliphatic hydroxyl groups is 1. The van der Waals surface area contributed by atoms with Crippen molar-refractivity contribution in [1.82, 2.24) is 16.1 Å². The summed E-state index contributed by atoms with van der Waals surface area (Å²) in [6, 6.07) is 8.68. The fourth-order valence-corrected chi connectivity index (χ4v) is 4.04. The maximum atomic E-state index is 12.4.